The summed E-state index contributed by atoms with van der Waals surface area (Å²) in [5.74, 6) is 1.02. The molecule has 0 saturated heterocycles. The average Bonchev–Trinajstić information content (AvgIpc) is 3.45. The van der Waals surface area contributed by atoms with Crippen molar-refractivity contribution in [2.45, 2.75) is 13.8 Å². The van der Waals surface area contributed by atoms with E-state index in [0.717, 1.165) is 33.4 Å². The number of benzene rings is 3. The molecule has 0 fully saturated rings. The normalized spacial score (nSPS) is 11.8. The Balaban J connectivity index is 1.61. The first-order valence-corrected chi connectivity index (χ1v) is 9.62. The first-order chi connectivity index (χ1) is 14.2. The topological polar surface area (TPSA) is 70.5 Å². The number of H-pyrrole nitrogens is 2. The third kappa shape index (κ3) is 2.27. The number of aromatic amines is 2. The van der Waals surface area contributed by atoms with Crippen LogP contribution >= 0.6 is 0 Å². The van der Waals surface area contributed by atoms with E-state index in [4.69, 9.17) is 4.42 Å². The first kappa shape index (κ1) is 16.1. The molecule has 29 heavy (non-hydrogen) atoms. The molecule has 5 heteroatoms. The van der Waals surface area contributed by atoms with Gasteiger partial charge in [-0.3, -0.25) is 0 Å². The lowest BCUT2D eigenvalue weighted by atomic mass is 10.0. The van der Waals surface area contributed by atoms with Gasteiger partial charge in [0.05, 0.1) is 11.0 Å². The third-order valence-corrected chi connectivity index (χ3v) is 5.66. The fourth-order valence-corrected chi connectivity index (χ4v) is 4.31. The lowest BCUT2D eigenvalue weighted by molar-refractivity contribution is 0.582. The predicted octanol–water partition coefficient (Wildman–Crippen LogP) is 6.14. The van der Waals surface area contributed by atoms with Gasteiger partial charge in [0, 0.05) is 27.2 Å². The summed E-state index contributed by atoms with van der Waals surface area (Å²) in [5, 5.41) is 12.2. The average molecular weight is 378 g/mol. The van der Waals surface area contributed by atoms with Crippen molar-refractivity contribution in [3.8, 4) is 23.0 Å². The molecule has 0 radical (unpaired) electrons. The van der Waals surface area contributed by atoms with Crippen LogP contribution in [0, 0.1) is 13.8 Å². The monoisotopic (exact) mass is 378 g/mol. The summed E-state index contributed by atoms with van der Waals surface area (Å²) >= 11 is 0. The van der Waals surface area contributed by atoms with E-state index >= 15 is 0 Å². The van der Waals surface area contributed by atoms with Crippen LogP contribution in [0.25, 0.3) is 55.7 Å². The molecule has 0 unspecified atom stereocenters. The molecule has 0 saturated carbocycles. The van der Waals surface area contributed by atoms with Crippen molar-refractivity contribution in [2.75, 3.05) is 0 Å². The van der Waals surface area contributed by atoms with Gasteiger partial charge in [-0.1, -0.05) is 36.4 Å². The fourth-order valence-electron chi connectivity index (χ4n) is 4.31. The summed E-state index contributed by atoms with van der Waals surface area (Å²) in [7, 11) is 0. The van der Waals surface area contributed by atoms with Gasteiger partial charge in [-0.2, -0.15) is 0 Å². The molecular weight excluding hydrogens is 360 g/mol. The van der Waals surface area contributed by atoms with E-state index in [1.807, 2.05) is 30.3 Å². The van der Waals surface area contributed by atoms with Gasteiger partial charge in [0.15, 0.2) is 0 Å². The van der Waals surface area contributed by atoms with Gasteiger partial charge < -0.3 is 14.4 Å². The van der Waals surface area contributed by atoms with Crippen LogP contribution in [0.2, 0.25) is 0 Å². The Morgan fingerprint density at radius 1 is 0.759 bits per heavy atom. The van der Waals surface area contributed by atoms with E-state index in [2.05, 4.69) is 64.3 Å². The minimum absolute atomic E-state index is 0.501. The van der Waals surface area contributed by atoms with Crippen LogP contribution in [0.1, 0.15) is 11.1 Å². The van der Waals surface area contributed by atoms with Crippen LogP contribution in [0.5, 0.6) is 0 Å². The van der Waals surface area contributed by atoms with E-state index in [9.17, 15) is 0 Å². The number of aryl methyl sites for hydroxylation is 2. The molecular formula is C24H18N4O. The molecule has 3 heterocycles. The number of aromatic nitrogens is 4. The minimum atomic E-state index is 0.501. The Bertz CT molecular complexity index is 1520. The highest BCUT2D eigenvalue weighted by molar-refractivity contribution is 6.18. The van der Waals surface area contributed by atoms with Crippen molar-refractivity contribution in [1.82, 2.24) is 20.2 Å². The third-order valence-electron chi connectivity index (χ3n) is 5.66. The molecule has 0 amide bonds. The molecule has 0 atom stereocenters. The SMILES string of the molecule is Cc1cc2c3ccccc3[nH]c2c2[nH]c(-c3nnc(-c4ccccc4)o3)c(C)c12. The summed E-state index contributed by atoms with van der Waals surface area (Å²) < 4.78 is 6.01. The number of hydrogen-bond donors (Lipinski definition) is 2. The molecule has 0 aliphatic carbocycles. The lowest BCUT2D eigenvalue weighted by Crippen LogP contribution is -1.81. The summed E-state index contributed by atoms with van der Waals surface area (Å²) in [4.78, 5) is 7.14. The van der Waals surface area contributed by atoms with Crippen LogP contribution in [0.15, 0.2) is 65.1 Å². The zero-order valence-corrected chi connectivity index (χ0v) is 16.1. The summed E-state index contributed by atoms with van der Waals surface area (Å²) in [6.07, 6.45) is 0. The summed E-state index contributed by atoms with van der Waals surface area (Å²) in [5.41, 5.74) is 7.42. The van der Waals surface area contributed by atoms with Crippen LogP contribution in [0.4, 0.5) is 0 Å². The number of nitrogens with zero attached hydrogens (tertiary/aromatic N) is 2. The zero-order chi connectivity index (χ0) is 19.5. The first-order valence-electron chi connectivity index (χ1n) is 9.62. The Hall–Kier alpha value is -3.86. The quantitative estimate of drug-likeness (QED) is 0.380. The highest BCUT2D eigenvalue weighted by atomic mass is 16.4. The number of para-hydroxylation sites is 1. The molecule has 0 bridgehead atoms. The highest BCUT2D eigenvalue weighted by Crippen LogP contribution is 2.38. The Morgan fingerprint density at radius 3 is 2.38 bits per heavy atom. The van der Waals surface area contributed by atoms with Crippen molar-refractivity contribution >= 4 is 32.7 Å². The van der Waals surface area contributed by atoms with E-state index < -0.39 is 0 Å². The summed E-state index contributed by atoms with van der Waals surface area (Å²) in [6, 6.07) is 20.5. The summed E-state index contributed by atoms with van der Waals surface area (Å²) in [6.45, 7) is 4.25. The van der Waals surface area contributed by atoms with Gasteiger partial charge in [0.25, 0.3) is 5.89 Å². The molecule has 5 nitrogen and oxygen atoms in total. The van der Waals surface area contributed by atoms with Gasteiger partial charge >= 0.3 is 0 Å². The largest absolute Gasteiger partial charge is 0.415 e. The van der Waals surface area contributed by atoms with E-state index in [1.165, 1.54) is 21.7 Å². The standard InChI is InChI=1S/C24H18N4O/c1-13-12-17-16-10-6-7-11-18(16)25-21(17)22-19(13)14(2)20(26-22)24-28-27-23(29-24)15-8-4-3-5-9-15/h3-12,25-26H,1-2H3. The molecule has 0 spiro atoms. The molecule has 140 valence electrons. The molecule has 0 aliphatic rings. The van der Waals surface area contributed by atoms with E-state index in [-0.39, 0.29) is 0 Å². The van der Waals surface area contributed by atoms with Gasteiger partial charge in [-0.05, 0) is 49.2 Å². The molecule has 6 aromatic rings. The van der Waals surface area contributed by atoms with Crippen molar-refractivity contribution in [1.29, 1.82) is 0 Å². The maximum Gasteiger partial charge on any atom is 0.264 e. The van der Waals surface area contributed by atoms with E-state index in [1.54, 1.807) is 0 Å². The van der Waals surface area contributed by atoms with Crippen LogP contribution in [0.3, 0.4) is 0 Å². The zero-order valence-electron chi connectivity index (χ0n) is 16.1. The van der Waals surface area contributed by atoms with Crippen LogP contribution in [-0.2, 0) is 0 Å². The van der Waals surface area contributed by atoms with Crippen LogP contribution < -0.4 is 0 Å². The second-order valence-electron chi connectivity index (χ2n) is 7.44. The maximum atomic E-state index is 6.01. The highest BCUT2D eigenvalue weighted by Gasteiger charge is 2.20. The minimum Gasteiger partial charge on any atom is -0.415 e. The second-order valence-corrected chi connectivity index (χ2v) is 7.44. The predicted molar refractivity (Wildman–Crippen MR) is 116 cm³/mol. The van der Waals surface area contributed by atoms with Crippen LogP contribution in [-0.4, -0.2) is 20.2 Å². The Morgan fingerprint density at radius 2 is 1.52 bits per heavy atom. The number of nitrogens with one attached hydrogen (secondary N) is 2. The van der Waals surface area contributed by atoms with Crippen molar-refractivity contribution in [2.24, 2.45) is 0 Å². The number of hydrogen-bond acceptors (Lipinski definition) is 3. The number of rotatable bonds is 2. The maximum absolute atomic E-state index is 6.01. The molecule has 2 N–H and O–H groups in total. The molecule has 3 aromatic carbocycles. The van der Waals surface area contributed by atoms with Gasteiger partial charge in [-0.25, -0.2) is 0 Å². The molecule has 0 aliphatic heterocycles. The lowest BCUT2D eigenvalue weighted by Gasteiger charge is -2.00. The number of fused-ring (bicyclic) bond motifs is 5. The Labute approximate surface area is 166 Å². The van der Waals surface area contributed by atoms with Gasteiger partial charge in [0.2, 0.25) is 5.89 Å². The van der Waals surface area contributed by atoms with Gasteiger partial charge in [-0.15, -0.1) is 10.2 Å². The Kier molecular flexibility index (Phi) is 3.23. The van der Waals surface area contributed by atoms with Crippen molar-refractivity contribution in [3.05, 3.63) is 71.8 Å². The molecule has 6 rings (SSSR count). The fraction of sp³-hybridized carbons (Fsp3) is 0.0833. The van der Waals surface area contributed by atoms with Crippen molar-refractivity contribution < 1.29 is 4.42 Å². The second kappa shape index (κ2) is 5.82. The smallest absolute Gasteiger partial charge is 0.264 e. The van der Waals surface area contributed by atoms with Gasteiger partial charge in [0.1, 0.15) is 5.69 Å². The van der Waals surface area contributed by atoms with Crippen molar-refractivity contribution in [3.63, 3.8) is 0 Å². The van der Waals surface area contributed by atoms with E-state index in [0.29, 0.717) is 11.8 Å². The molecule has 3 aromatic heterocycles.